The van der Waals surface area contributed by atoms with Gasteiger partial charge in [-0.1, -0.05) is 12.1 Å². The van der Waals surface area contributed by atoms with Gasteiger partial charge in [-0.25, -0.2) is 0 Å². The van der Waals surface area contributed by atoms with Crippen molar-refractivity contribution >= 4 is 24.0 Å². The zero-order valence-electron chi connectivity index (χ0n) is 9.27. The Kier molecular flexibility index (Phi) is 4.56. The van der Waals surface area contributed by atoms with Gasteiger partial charge in [0.1, 0.15) is 0 Å². The molecule has 0 saturated heterocycles. The number of hydrogen-bond acceptors (Lipinski definition) is 3. The lowest BCUT2D eigenvalue weighted by molar-refractivity contribution is 0.866. The number of benzene rings is 1. The fourth-order valence-corrected chi connectivity index (χ4v) is 1.68. The summed E-state index contributed by atoms with van der Waals surface area (Å²) in [7, 11) is 0. The number of nitrogens with zero attached hydrogens (tertiary/aromatic N) is 1. The highest BCUT2D eigenvalue weighted by molar-refractivity contribution is 7.83. The Morgan fingerprint density at radius 1 is 1.27 bits per heavy atom. The van der Waals surface area contributed by atoms with Gasteiger partial charge in [-0.2, -0.15) is 0 Å². The van der Waals surface area contributed by atoms with Crippen LogP contribution in [0.1, 0.15) is 19.4 Å². The molecular formula is C12H18N2S. The van der Waals surface area contributed by atoms with E-state index in [2.05, 4.69) is 43.5 Å². The topological polar surface area (TPSA) is 29.3 Å². The molecule has 0 radical (unpaired) electrons. The van der Waals surface area contributed by atoms with Crippen LogP contribution >= 0.6 is 12.6 Å². The first kappa shape index (κ1) is 12.0. The van der Waals surface area contributed by atoms with Crippen LogP contribution in [0.3, 0.4) is 0 Å². The van der Waals surface area contributed by atoms with E-state index in [4.69, 9.17) is 5.73 Å². The fraction of sp³-hybridized carbons (Fsp3) is 0.333. The zero-order chi connectivity index (χ0) is 11.3. The lowest BCUT2D eigenvalue weighted by Crippen LogP contribution is -2.21. The minimum atomic E-state index is 0.699. The van der Waals surface area contributed by atoms with Gasteiger partial charge in [0.05, 0.1) is 0 Å². The van der Waals surface area contributed by atoms with Gasteiger partial charge < -0.3 is 10.6 Å². The van der Waals surface area contributed by atoms with Crippen LogP contribution in [0.15, 0.2) is 29.7 Å². The molecule has 3 heteroatoms. The molecule has 1 aromatic rings. The normalized spacial score (nSPS) is 11.5. The maximum Gasteiger partial charge on any atom is 0.0449 e. The van der Waals surface area contributed by atoms with Crippen molar-refractivity contribution in [3.8, 4) is 0 Å². The highest BCUT2D eigenvalue weighted by Gasteiger charge is 2.01. The molecule has 0 aromatic heterocycles. The van der Waals surface area contributed by atoms with Crippen LogP contribution in [0.4, 0.5) is 5.69 Å². The molecule has 0 amide bonds. The van der Waals surface area contributed by atoms with Gasteiger partial charge in [0.15, 0.2) is 0 Å². The summed E-state index contributed by atoms with van der Waals surface area (Å²) in [6.45, 7) is 6.35. The number of thiol groups is 1. The van der Waals surface area contributed by atoms with Crippen LogP contribution in [0.25, 0.3) is 5.70 Å². The molecule has 2 N–H and O–H groups in total. The maximum atomic E-state index is 5.76. The van der Waals surface area contributed by atoms with E-state index in [0.29, 0.717) is 5.70 Å². The van der Waals surface area contributed by atoms with E-state index in [-0.39, 0.29) is 0 Å². The second-order valence-electron chi connectivity index (χ2n) is 3.30. The van der Waals surface area contributed by atoms with E-state index in [1.54, 1.807) is 5.41 Å². The van der Waals surface area contributed by atoms with Crippen molar-refractivity contribution in [3.63, 3.8) is 0 Å². The highest BCUT2D eigenvalue weighted by atomic mass is 32.1. The zero-order valence-corrected chi connectivity index (χ0v) is 10.2. The predicted molar refractivity (Wildman–Crippen MR) is 71.2 cm³/mol. The highest BCUT2D eigenvalue weighted by Crippen LogP contribution is 2.17. The summed E-state index contributed by atoms with van der Waals surface area (Å²) < 4.78 is 0. The summed E-state index contributed by atoms with van der Waals surface area (Å²) in [6, 6.07) is 8.23. The Morgan fingerprint density at radius 3 is 2.20 bits per heavy atom. The van der Waals surface area contributed by atoms with E-state index < -0.39 is 0 Å². The molecule has 82 valence electrons. The van der Waals surface area contributed by atoms with E-state index in [1.165, 1.54) is 5.69 Å². The molecule has 1 rings (SSSR count). The lowest BCUT2D eigenvalue weighted by atomic mass is 10.1. The molecule has 0 heterocycles. The van der Waals surface area contributed by atoms with Gasteiger partial charge in [0.2, 0.25) is 0 Å². The van der Waals surface area contributed by atoms with Crippen LogP contribution in [-0.4, -0.2) is 13.1 Å². The molecular weight excluding hydrogens is 204 g/mol. The van der Waals surface area contributed by atoms with E-state index in [1.807, 2.05) is 12.1 Å². The van der Waals surface area contributed by atoms with Gasteiger partial charge in [-0.3, -0.25) is 0 Å². The standard InChI is InChI=1S/C12H18N2S/c1-3-14(4-2)11-7-5-10(6-8-11)12(13)9-15/h5-9,15H,3-4,13H2,1-2H3/b12-9-. The average Bonchev–Trinajstić information content (AvgIpc) is 2.30. The van der Waals surface area contributed by atoms with E-state index in [0.717, 1.165) is 18.7 Å². The van der Waals surface area contributed by atoms with Crippen LogP contribution in [0, 0.1) is 0 Å². The monoisotopic (exact) mass is 222 g/mol. The largest absolute Gasteiger partial charge is 0.398 e. The van der Waals surface area contributed by atoms with Crippen LogP contribution < -0.4 is 10.6 Å². The molecule has 0 atom stereocenters. The second kappa shape index (κ2) is 5.71. The number of hydrogen-bond donors (Lipinski definition) is 2. The third-order valence-corrected chi connectivity index (χ3v) is 2.75. The molecule has 0 unspecified atom stereocenters. The lowest BCUT2D eigenvalue weighted by Gasteiger charge is -2.21. The summed E-state index contributed by atoms with van der Waals surface area (Å²) in [5.74, 6) is 0. The van der Waals surface area contributed by atoms with Gasteiger partial charge in [-0.05, 0) is 37.0 Å². The first-order valence-electron chi connectivity index (χ1n) is 5.18. The Labute approximate surface area is 97.2 Å². The summed E-state index contributed by atoms with van der Waals surface area (Å²) in [5, 5.41) is 1.62. The molecule has 0 fully saturated rings. The van der Waals surface area contributed by atoms with Crippen molar-refractivity contribution in [2.75, 3.05) is 18.0 Å². The van der Waals surface area contributed by atoms with E-state index in [9.17, 15) is 0 Å². The molecule has 0 bridgehead atoms. The first-order valence-corrected chi connectivity index (χ1v) is 5.69. The molecule has 0 saturated carbocycles. The summed E-state index contributed by atoms with van der Waals surface area (Å²) >= 11 is 4.03. The van der Waals surface area contributed by atoms with Crippen LogP contribution in [0.5, 0.6) is 0 Å². The maximum absolute atomic E-state index is 5.76. The van der Waals surface area contributed by atoms with Crippen molar-refractivity contribution in [1.29, 1.82) is 0 Å². The third kappa shape index (κ3) is 2.93. The summed E-state index contributed by atoms with van der Waals surface area (Å²) in [6.07, 6.45) is 0. The SMILES string of the molecule is CCN(CC)c1ccc(/C(N)=C/S)cc1. The smallest absolute Gasteiger partial charge is 0.0449 e. The first-order chi connectivity index (χ1) is 7.22. The molecule has 0 aliphatic heterocycles. The number of nitrogens with two attached hydrogens (primary N) is 1. The minimum absolute atomic E-state index is 0.699. The van der Waals surface area contributed by atoms with Crippen molar-refractivity contribution in [3.05, 3.63) is 35.2 Å². The van der Waals surface area contributed by atoms with Crippen LogP contribution in [-0.2, 0) is 0 Å². The number of anilines is 1. The Bertz CT molecular complexity index is 326. The minimum Gasteiger partial charge on any atom is -0.398 e. The van der Waals surface area contributed by atoms with Gasteiger partial charge >= 0.3 is 0 Å². The molecule has 15 heavy (non-hydrogen) atoms. The molecule has 0 aliphatic carbocycles. The van der Waals surface area contributed by atoms with Gasteiger partial charge in [0, 0.05) is 24.5 Å². The van der Waals surface area contributed by atoms with Gasteiger partial charge in [-0.15, -0.1) is 12.6 Å². The van der Waals surface area contributed by atoms with Crippen molar-refractivity contribution in [2.45, 2.75) is 13.8 Å². The summed E-state index contributed by atoms with van der Waals surface area (Å²) in [4.78, 5) is 2.30. The number of rotatable bonds is 4. The molecule has 1 aromatic carbocycles. The molecule has 0 aliphatic rings. The van der Waals surface area contributed by atoms with Crippen molar-refractivity contribution in [1.82, 2.24) is 0 Å². The Morgan fingerprint density at radius 2 is 1.80 bits per heavy atom. The Balaban J connectivity index is 2.89. The third-order valence-electron chi connectivity index (χ3n) is 2.47. The fourth-order valence-electron chi connectivity index (χ4n) is 1.53. The quantitative estimate of drug-likeness (QED) is 0.767. The van der Waals surface area contributed by atoms with Gasteiger partial charge in [0.25, 0.3) is 0 Å². The van der Waals surface area contributed by atoms with Crippen LogP contribution in [0.2, 0.25) is 0 Å². The average molecular weight is 222 g/mol. The Hall–Kier alpha value is -1.09. The van der Waals surface area contributed by atoms with E-state index >= 15 is 0 Å². The molecule has 0 spiro atoms. The van der Waals surface area contributed by atoms with Crippen molar-refractivity contribution in [2.24, 2.45) is 5.73 Å². The predicted octanol–water partition coefficient (Wildman–Crippen LogP) is 2.72. The summed E-state index contributed by atoms with van der Waals surface area (Å²) in [5.41, 5.74) is 8.70. The van der Waals surface area contributed by atoms with Crippen molar-refractivity contribution < 1.29 is 0 Å². The molecule has 2 nitrogen and oxygen atoms in total. The second-order valence-corrected chi connectivity index (χ2v) is 3.56.